The number of H-pyrrole nitrogens is 1. The van der Waals surface area contributed by atoms with Gasteiger partial charge in [-0.05, 0) is 37.5 Å². The highest BCUT2D eigenvalue weighted by Crippen LogP contribution is 2.18. The average Bonchev–Trinajstić information content (AvgIpc) is 2.26. The molecule has 1 N–H and O–H groups in total. The largest absolute Gasteiger partial charge is 0.373 e. The first-order valence-corrected chi connectivity index (χ1v) is 6.42. The molecule has 0 aliphatic carbocycles. The summed E-state index contributed by atoms with van der Waals surface area (Å²) >= 11 is 0. The van der Waals surface area contributed by atoms with Crippen molar-refractivity contribution in [2.45, 2.75) is 20.3 Å². The van der Waals surface area contributed by atoms with E-state index < -0.39 is 0 Å². The normalized spacial score (nSPS) is 10.5. The second-order valence-corrected chi connectivity index (χ2v) is 5.25. The number of nitrogens with one attached hydrogen (secondary N) is 1. The molecule has 0 saturated carbocycles. The molecule has 19 heavy (non-hydrogen) atoms. The minimum atomic E-state index is -0.0353. The molecule has 0 saturated heterocycles. The molecular formula is C16H20N2O. The summed E-state index contributed by atoms with van der Waals surface area (Å²) in [6.45, 7) is 4.20. The molecule has 0 unspecified atom stereocenters. The third-order valence-electron chi connectivity index (χ3n) is 3.14. The number of hydrogen-bond acceptors (Lipinski definition) is 2. The maximum absolute atomic E-state index is 11.9. The van der Waals surface area contributed by atoms with Crippen molar-refractivity contribution >= 4 is 5.69 Å². The van der Waals surface area contributed by atoms with Crippen LogP contribution >= 0.6 is 0 Å². The Hall–Kier alpha value is -2.03. The summed E-state index contributed by atoms with van der Waals surface area (Å²) in [7, 11) is 3.80. The fourth-order valence-electron chi connectivity index (χ4n) is 2.53. The van der Waals surface area contributed by atoms with Crippen molar-refractivity contribution in [1.82, 2.24) is 4.98 Å². The van der Waals surface area contributed by atoms with E-state index in [1.807, 2.05) is 25.1 Å². The lowest BCUT2D eigenvalue weighted by atomic mass is 10.0. The maximum Gasteiger partial charge on any atom is 0.271 e. The van der Waals surface area contributed by atoms with E-state index in [1.165, 1.54) is 16.7 Å². The molecule has 1 aromatic heterocycles. The van der Waals surface area contributed by atoms with Crippen LogP contribution in [0.1, 0.15) is 22.3 Å². The van der Waals surface area contributed by atoms with Crippen LogP contribution in [0.3, 0.4) is 0 Å². The van der Waals surface area contributed by atoms with Crippen molar-refractivity contribution in [3.05, 3.63) is 63.1 Å². The molecule has 100 valence electrons. The number of pyridine rings is 1. The van der Waals surface area contributed by atoms with Crippen LogP contribution in [0.15, 0.2) is 35.3 Å². The molecule has 1 heterocycles. The molecule has 0 bridgehead atoms. The van der Waals surface area contributed by atoms with E-state index >= 15 is 0 Å². The Kier molecular flexibility index (Phi) is 3.74. The van der Waals surface area contributed by atoms with Gasteiger partial charge in [0.05, 0.1) is 0 Å². The molecule has 1 aromatic carbocycles. The number of hydrogen-bond donors (Lipinski definition) is 1. The summed E-state index contributed by atoms with van der Waals surface area (Å²) in [6, 6.07) is 8.49. The molecule has 2 rings (SSSR count). The van der Waals surface area contributed by atoms with E-state index in [1.54, 1.807) is 6.20 Å². The first-order chi connectivity index (χ1) is 8.97. The smallest absolute Gasteiger partial charge is 0.271 e. The van der Waals surface area contributed by atoms with Crippen LogP contribution in [-0.2, 0) is 6.42 Å². The van der Waals surface area contributed by atoms with Gasteiger partial charge in [0.25, 0.3) is 5.56 Å². The number of nitrogens with zero attached hydrogens (tertiary/aromatic N) is 1. The van der Waals surface area contributed by atoms with Crippen molar-refractivity contribution in [2.24, 2.45) is 0 Å². The van der Waals surface area contributed by atoms with Crippen molar-refractivity contribution in [2.75, 3.05) is 19.0 Å². The van der Waals surface area contributed by atoms with E-state index in [9.17, 15) is 4.79 Å². The monoisotopic (exact) mass is 256 g/mol. The summed E-state index contributed by atoms with van der Waals surface area (Å²) in [5.41, 5.74) is 5.51. The number of aryl methyl sites for hydroxylation is 2. The van der Waals surface area contributed by atoms with E-state index in [4.69, 9.17) is 0 Å². The van der Waals surface area contributed by atoms with Crippen molar-refractivity contribution in [1.29, 1.82) is 0 Å². The Morgan fingerprint density at radius 3 is 2.32 bits per heavy atom. The SMILES string of the molecule is Cc1cc(C)cc(Cc2cc[nH]c(=O)c2N(C)C)c1. The van der Waals surface area contributed by atoms with Crippen LogP contribution < -0.4 is 10.5 Å². The van der Waals surface area contributed by atoms with Gasteiger partial charge in [-0.1, -0.05) is 29.3 Å². The van der Waals surface area contributed by atoms with Gasteiger partial charge in [-0.25, -0.2) is 0 Å². The summed E-state index contributed by atoms with van der Waals surface area (Å²) in [5.74, 6) is 0. The lowest BCUT2D eigenvalue weighted by Gasteiger charge is -2.16. The third-order valence-corrected chi connectivity index (χ3v) is 3.14. The second kappa shape index (κ2) is 5.31. The summed E-state index contributed by atoms with van der Waals surface area (Å²) < 4.78 is 0. The fraction of sp³-hybridized carbons (Fsp3) is 0.312. The Morgan fingerprint density at radius 1 is 1.11 bits per heavy atom. The standard InChI is InChI=1S/C16H20N2O/c1-11-7-12(2)9-13(8-11)10-14-5-6-17-16(19)15(14)18(3)4/h5-9H,10H2,1-4H3,(H,17,19). The van der Waals surface area contributed by atoms with Crippen LogP contribution in [0, 0.1) is 13.8 Å². The molecule has 0 radical (unpaired) electrons. The molecule has 2 aromatic rings. The van der Waals surface area contributed by atoms with Crippen molar-refractivity contribution < 1.29 is 0 Å². The molecule has 0 atom stereocenters. The lowest BCUT2D eigenvalue weighted by Crippen LogP contribution is -2.22. The van der Waals surface area contributed by atoms with Crippen molar-refractivity contribution in [3.8, 4) is 0 Å². The molecular weight excluding hydrogens is 236 g/mol. The molecule has 0 fully saturated rings. The molecule has 3 nitrogen and oxygen atoms in total. The molecule has 0 aliphatic heterocycles. The highest BCUT2D eigenvalue weighted by Gasteiger charge is 2.09. The molecule has 0 aliphatic rings. The Bertz CT molecular complexity index is 621. The van der Waals surface area contributed by atoms with Gasteiger partial charge in [0, 0.05) is 20.3 Å². The van der Waals surface area contributed by atoms with Crippen LogP contribution in [0.2, 0.25) is 0 Å². The predicted octanol–water partition coefficient (Wildman–Crippen LogP) is 2.65. The quantitative estimate of drug-likeness (QED) is 0.916. The van der Waals surface area contributed by atoms with E-state index in [0.29, 0.717) is 0 Å². The zero-order valence-electron chi connectivity index (χ0n) is 11.9. The van der Waals surface area contributed by atoms with Gasteiger partial charge in [-0.2, -0.15) is 0 Å². The molecule has 3 heteroatoms. The minimum absolute atomic E-state index is 0.0353. The first-order valence-electron chi connectivity index (χ1n) is 6.42. The van der Waals surface area contributed by atoms with Gasteiger partial charge in [0.15, 0.2) is 0 Å². The van der Waals surface area contributed by atoms with Gasteiger partial charge in [0.1, 0.15) is 5.69 Å². The summed E-state index contributed by atoms with van der Waals surface area (Å²) in [5, 5.41) is 0. The average molecular weight is 256 g/mol. The van der Waals surface area contributed by atoms with E-state index in [2.05, 4.69) is 37.0 Å². The summed E-state index contributed by atoms with van der Waals surface area (Å²) in [6.07, 6.45) is 2.49. The maximum atomic E-state index is 11.9. The number of aromatic nitrogens is 1. The lowest BCUT2D eigenvalue weighted by molar-refractivity contribution is 1.03. The van der Waals surface area contributed by atoms with Crippen LogP contribution in [0.25, 0.3) is 0 Å². The predicted molar refractivity (Wildman–Crippen MR) is 80.1 cm³/mol. The Balaban J connectivity index is 2.43. The molecule has 0 spiro atoms. The Morgan fingerprint density at radius 2 is 1.74 bits per heavy atom. The van der Waals surface area contributed by atoms with Crippen LogP contribution in [0.4, 0.5) is 5.69 Å². The highest BCUT2D eigenvalue weighted by atomic mass is 16.1. The molecule has 0 amide bonds. The van der Waals surface area contributed by atoms with Gasteiger partial charge >= 0.3 is 0 Å². The third kappa shape index (κ3) is 3.05. The first kappa shape index (κ1) is 13.4. The van der Waals surface area contributed by atoms with Gasteiger partial charge in [-0.15, -0.1) is 0 Å². The number of aromatic amines is 1. The minimum Gasteiger partial charge on any atom is -0.373 e. The van der Waals surface area contributed by atoms with E-state index in [-0.39, 0.29) is 5.56 Å². The fourth-order valence-corrected chi connectivity index (χ4v) is 2.53. The highest BCUT2D eigenvalue weighted by molar-refractivity contribution is 5.52. The van der Waals surface area contributed by atoms with E-state index in [0.717, 1.165) is 17.7 Å². The Labute approximate surface area is 113 Å². The summed E-state index contributed by atoms with van der Waals surface area (Å²) in [4.78, 5) is 16.5. The van der Waals surface area contributed by atoms with Crippen LogP contribution in [-0.4, -0.2) is 19.1 Å². The topological polar surface area (TPSA) is 36.1 Å². The van der Waals surface area contributed by atoms with Gasteiger partial charge in [-0.3, -0.25) is 4.79 Å². The van der Waals surface area contributed by atoms with Gasteiger partial charge < -0.3 is 9.88 Å². The van der Waals surface area contributed by atoms with Gasteiger partial charge in [0.2, 0.25) is 0 Å². The van der Waals surface area contributed by atoms with Crippen LogP contribution in [0.5, 0.6) is 0 Å². The number of anilines is 1. The number of rotatable bonds is 3. The zero-order chi connectivity index (χ0) is 14.0. The zero-order valence-corrected chi connectivity index (χ0v) is 11.9. The van der Waals surface area contributed by atoms with Crippen molar-refractivity contribution in [3.63, 3.8) is 0 Å². The number of benzene rings is 1. The second-order valence-electron chi connectivity index (χ2n) is 5.25.